The second-order valence-corrected chi connectivity index (χ2v) is 11.9. The molecule has 5 aromatic rings. The zero-order chi connectivity index (χ0) is 34.2. The number of carbonyl (C=O) groups is 2. The van der Waals surface area contributed by atoms with Gasteiger partial charge >= 0.3 is 6.36 Å². The van der Waals surface area contributed by atoms with Gasteiger partial charge in [0, 0.05) is 50.1 Å². The number of nitrogens with one attached hydrogen (secondary N) is 3. The molecule has 1 aromatic carbocycles. The average Bonchev–Trinajstić information content (AvgIpc) is 3.83. The van der Waals surface area contributed by atoms with Crippen LogP contribution in [0.1, 0.15) is 29.8 Å². The summed E-state index contributed by atoms with van der Waals surface area (Å²) in [6.45, 7) is 1.68. The van der Waals surface area contributed by atoms with Crippen LogP contribution in [0.2, 0.25) is 0 Å². The van der Waals surface area contributed by atoms with Crippen molar-refractivity contribution in [1.82, 2.24) is 40.4 Å². The molecular formula is C30H29F3N12O3S. The first-order valence-electron chi connectivity index (χ1n) is 15.1. The number of pyridine rings is 1. The Labute approximate surface area is 280 Å². The summed E-state index contributed by atoms with van der Waals surface area (Å²) >= 11 is 1.25. The predicted molar refractivity (Wildman–Crippen MR) is 172 cm³/mol. The topological polar surface area (TPSA) is 178 Å². The van der Waals surface area contributed by atoms with Crippen LogP contribution in [-0.2, 0) is 29.0 Å². The van der Waals surface area contributed by atoms with Gasteiger partial charge in [-0.05, 0) is 48.4 Å². The van der Waals surface area contributed by atoms with Gasteiger partial charge in [0.1, 0.15) is 5.75 Å². The second-order valence-electron chi connectivity index (χ2n) is 11.0. The van der Waals surface area contributed by atoms with E-state index in [0.29, 0.717) is 51.8 Å². The number of hydrogen-bond donors (Lipinski definition) is 3. The number of alkyl halides is 3. The first kappa shape index (κ1) is 33.2. The number of rotatable bonds is 13. The van der Waals surface area contributed by atoms with E-state index in [1.54, 1.807) is 36.7 Å². The second kappa shape index (κ2) is 15.0. The molecule has 254 valence electrons. The number of halogens is 3. The molecule has 1 aliphatic rings. The highest BCUT2D eigenvalue weighted by atomic mass is 32.1. The molecule has 3 N–H and O–H groups in total. The Morgan fingerprint density at radius 3 is 2.51 bits per heavy atom. The van der Waals surface area contributed by atoms with Crippen LogP contribution in [-0.4, -0.2) is 77.7 Å². The lowest BCUT2D eigenvalue weighted by atomic mass is 10.2. The zero-order valence-corrected chi connectivity index (χ0v) is 26.5. The van der Waals surface area contributed by atoms with Gasteiger partial charge in [-0.3, -0.25) is 14.6 Å². The Morgan fingerprint density at radius 1 is 0.918 bits per heavy atom. The molecule has 1 fully saturated rings. The van der Waals surface area contributed by atoms with Crippen molar-refractivity contribution >= 4 is 45.0 Å². The van der Waals surface area contributed by atoms with Gasteiger partial charge in [-0.1, -0.05) is 34.7 Å². The van der Waals surface area contributed by atoms with E-state index >= 15 is 0 Å². The molecule has 49 heavy (non-hydrogen) atoms. The Bertz CT molecular complexity index is 1850. The SMILES string of the molecule is O=C(CCc1cn(Cc2ccc(OC(F)(F)F)cc2)nn1)Nc1ccc(N2CC[C@H](Nc3nnc(NC(=O)Cc4ccccn4)s3)C2)nn1. The van der Waals surface area contributed by atoms with E-state index < -0.39 is 6.36 Å². The molecule has 0 bridgehead atoms. The number of aryl methyl sites for hydroxylation is 1. The molecule has 1 aliphatic heterocycles. The van der Waals surface area contributed by atoms with Crippen molar-refractivity contribution in [2.45, 2.75) is 44.6 Å². The number of aromatic nitrogens is 8. The standard InChI is InChI=1S/C30H29F3N12O3S/c31-30(32,33)48-23-7-4-19(5-8-23)16-45-18-22(38-43-45)6-11-26(46)36-24-9-10-25(40-39-24)44-14-12-21(17-44)35-28-41-42-29(49-28)37-27(47)15-20-3-1-2-13-34-20/h1-5,7-10,13,18,21H,6,11-12,14-17H2,(H,35,41)(H,36,39,46)(H,37,42,47)/t21-/m0/s1. The maximum atomic E-state index is 12.5. The van der Waals surface area contributed by atoms with Crippen LogP contribution < -0.4 is 25.6 Å². The number of amides is 2. The van der Waals surface area contributed by atoms with Crippen LogP contribution in [0.25, 0.3) is 0 Å². The molecule has 0 saturated carbocycles. The Kier molecular flexibility index (Phi) is 10.2. The highest BCUT2D eigenvalue weighted by Crippen LogP contribution is 2.25. The third-order valence-electron chi connectivity index (χ3n) is 7.19. The van der Waals surface area contributed by atoms with E-state index in [9.17, 15) is 22.8 Å². The quantitative estimate of drug-likeness (QED) is 0.163. The predicted octanol–water partition coefficient (Wildman–Crippen LogP) is 3.70. The van der Waals surface area contributed by atoms with Crippen molar-refractivity contribution in [2.24, 2.45) is 0 Å². The summed E-state index contributed by atoms with van der Waals surface area (Å²) in [6, 6.07) is 14.4. The summed E-state index contributed by atoms with van der Waals surface area (Å²) in [5.74, 6) is 0.187. The molecular weight excluding hydrogens is 665 g/mol. The van der Waals surface area contributed by atoms with Gasteiger partial charge in [0.2, 0.25) is 22.1 Å². The molecule has 1 saturated heterocycles. The molecule has 0 radical (unpaired) electrons. The van der Waals surface area contributed by atoms with E-state index in [2.05, 4.69) is 61.3 Å². The molecule has 15 nitrogen and oxygen atoms in total. The molecule has 0 spiro atoms. The van der Waals surface area contributed by atoms with Gasteiger partial charge in [0.05, 0.1) is 18.7 Å². The number of ether oxygens (including phenoxy) is 1. The van der Waals surface area contributed by atoms with Gasteiger partial charge in [-0.2, -0.15) is 0 Å². The summed E-state index contributed by atoms with van der Waals surface area (Å²) in [6.07, 6.45) is -0.00779. The molecule has 4 aromatic heterocycles. The van der Waals surface area contributed by atoms with Crippen LogP contribution >= 0.6 is 11.3 Å². The van der Waals surface area contributed by atoms with Crippen molar-refractivity contribution < 1.29 is 27.5 Å². The van der Waals surface area contributed by atoms with E-state index in [0.717, 1.165) is 13.0 Å². The minimum Gasteiger partial charge on any atom is -0.406 e. The van der Waals surface area contributed by atoms with Gasteiger partial charge in [-0.15, -0.1) is 38.7 Å². The molecule has 19 heteroatoms. The number of hydrogen-bond acceptors (Lipinski definition) is 13. The molecule has 0 unspecified atom stereocenters. The zero-order valence-electron chi connectivity index (χ0n) is 25.7. The van der Waals surface area contributed by atoms with Crippen LogP contribution in [0.3, 0.4) is 0 Å². The molecule has 1 atom stereocenters. The van der Waals surface area contributed by atoms with E-state index in [4.69, 9.17) is 0 Å². The van der Waals surface area contributed by atoms with Gasteiger partial charge in [0.15, 0.2) is 11.6 Å². The van der Waals surface area contributed by atoms with E-state index in [1.165, 1.54) is 40.3 Å². The fourth-order valence-corrected chi connectivity index (χ4v) is 5.68. The smallest absolute Gasteiger partial charge is 0.406 e. The largest absolute Gasteiger partial charge is 0.573 e. The summed E-state index contributed by atoms with van der Waals surface area (Å²) < 4.78 is 42.5. The van der Waals surface area contributed by atoms with Crippen LogP contribution in [0, 0.1) is 0 Å². The third kappa shape index (κ3) is 9.89. The fourth-order valence-electron chi connectivity index (χ4n) is 4.94. The first-order valence-corrected chi connectivity index (χ1v) is 15.9. The van der Waals surface area contributed by atoms with Crippen molar-refractivity contribution in [2.75, 3.05) is 33.9 Å². The summed E-state index contributed by atoms with van der Waals surface area (Å²) in [5, 5.41) is 34.6. The lowest BCUT2D eigenvalue weighted by Crippen LogP contribution is -2.26. The average molecular weight is 695 g/mol. The summed E-state index contributed by atoms with van der Waals surface area (Å²) in [5.41, 5.74) is 1.96. The number of anilines is 4. The van der Waals surface area contributed by atoms with Crippen molar-refractivity contribution in [3.63, 3.8) is 0 Å². The Balaban J connectivity index is 0.908. The maximum Gasteiger partial charge on any atom is 0.573 e. The van der Waals surface area contributed by atoms with Crippen LogP contribution in [0.4, 0.5) is 35.1 Å². The van der Waals surface area contributed by atoms with Gasteiger partial charge in [-0.25, -0.2) is 4.68 Å². The van der Waals surface area contributed by atoms with Gasteiger partial charge < -0.3 is 25.6 Å². The fraction of sp³-hybridized carbons (Fsp3) is 0.300. The Hall–Kier alpha value is -5.72. The number of nitrogens with zero attached hydrogens (tertiary/aromatic N) is 9. The first-order chi connectivity index (χ1) is 23.6. The van der Waals surface area contributed by atoms with Gasteiger partial charge in [0.25, 0.3) is 0 Å². The normalized spacial score (nSPS) is 14.4. The van der Waals surface area contributed by atoms with Crippen molar-refractivity contribution in [1.29, 1.82) is 0 Å². The van der Waals surface area contributed by atoms with Crippen LogP contribution in [0.5, 0.6) is 5.75 Å². The summed E-state index contributed by atoms with van der Waals surface area (Å²) in [4.78, 5) is 31.1. The Morgan fingerprint density at radius 2 is 1.76 bits per heavy atom. The minimum atomic E-state index is -4.75. The molecule has 2 amide bonds. The van der Waals surface area contributed by atoms with Crippen molar-refractivity contribution in [3.05, 3.63) is 83.9 Å². The van der Waals surface area contributed by atoms with E-state index in [1.807, 2.05) is 6.07 Å². The lowest BCUT2D eigenvalue weighted by molar-refractivity contribution is -0.274. The summed E-state index contributed by atoms with van der Waals surface area (Å²) in [7, 11) is 0. The monoisotopic (exact) mass is 694 g/mol. The maximum absolute atomic E-state index is 12.5. The highest BCUT2D eigenvalue weighted by Gasteiger charge is 2.31. The van der Waals surface area contributed by atoms with E-state index in [-0.39, 0.29) is 43.0 Å². The highest BCUT2D eigenvalue weighted by molar-refractivity contribution is 7.19. The third-order valence-corrected chi connectivity index (χ3v) is 7.96. The van der Waals surface area contributed by atoms with Crippen LogP contribution in [0.15, 0.2) is 67.0 Å². The number of benzene rings is 1. The molecule has 5 heterocycles. The van der Waals surface area contributed by atoms with Crippen molar-refractivity contribution in [3.8, 4) is 5.75 Å². The number of carbonyl (C=O) groups excluding carboxylic acids is 2. The molecule has 6 rings (SSSR count). The minimum absolute atomic E-state index is 0.0857. The molecule has 0 aliphatic carbocycles. The lowest BCUT2D eigenvalue weighted by Gasteiger charge is -2.17.